The summed E-state index contributed by atoms with van der Waals surface area (Å²) in [6.45, 7) is 2.45. The SMILES string of the molecule is CNc1cc(NCc2cccnn2)nc(C)n1. The Kier molecular flexibility index (Phi) is 3.44. The Morgan fingerprint density at radius 3 is 2.76 bits per heavy atom. The highest BCUT2D eigenvalue weighted by Crippen LogP contribution is 2.10. The maximum Gasteiger partial charge on any atom is 0.132 e. The lowest BCUT2D eigenvalue weighted by atomic mass is 10.4. The van der Waals surface area contributed by atoms with Gasteiger partial charge < -0.3 is 10.6 Å². The summed E-state index contributed by atoms with van der Waals surface area (Å²) >= 11 is 0. The van der Waals surface area contributed by atoms with Crippen molar-refractivity contribution in [3.05, 3.63) is 35.9 Å². The minimum absolute atomic E-state index is 0.591. The number of nitrogens with one attached hydrogen (secondary N) is 2. The fraction of sp³-hybridized carbons (Fsp3) is 0.273. The molecule has 0 aliphatic rings. The molecule has 0 unspecified atom stereocenters. The molecular formula is C11H14N6. The summed E-state index contributed by atoms with van der Waals surface area (Å²) in [4.78, 5) is 8.50. The van der Waals surface area contributed by atoms with Gasteiger partial charge in [0.2, 0.25) is 0 Å². The average molecular weight is 230 g/mol. The van der Waals surface area contributed by atoms with Crippen LogP contribution in [0.1, 0.15) is 11.5 Å². The highest BCUT2D eigenvalue weighted by Gasteiger charge is 2.00. The lowest BCUT2D eigenvalue weighted by Gasteiger charge is -2.07. The van der Waals surface area contributed by atoms with Gasteiger partial charge in [0.15, 0.2) is 0 Å². The molecule has 0 spiro atoms. The second kappa shape index (κ2) is 5.20. The van der Waals surface area contributed by atoms with E-state index in [2.05, 4.69) is 30.8 Å². The highest BCUT2D eigenvalue weighted by molar-refractivity contribution is 5.47. The Labute approximate surface area is 99.5 Å². The van der Waals surface area contributed by atoms with Crippen molar-refractivity contribution in [2.75, 3.05) is 17.7 Å². The summed E-state index contributed by atoms with van der Waals surface area (Å²) in [6.07, 6.45) is 1.65. The van der Waals surface area contributed by atoms with Crippen molar-refractivity contribution in [2.24, 2.45) is 0 Å². The molecule has 0 aromatic carbocycles. The quantitative estimate of drug-likeness (QED) is 0.822. The lowest BCUT2D eigenvalue weighted by Crippen LogP contribution is -2.06. The Morgan fingerprint density at radius 2 is 2.06 bits per heavy atom. The van der Waals surface area contributed by atoms with E-state index in [1.165, 1.54) is 0 Å². The summed E-state index contributed by atoms with van der Waals surface area (Å²) < 4.78 is 0. The first-order valence-electron chi connectivity index (χ1n) is 5.32. The molecule has 88 valence electrons. The van der Waals surface area contributed by atoms with E-state index >= 15 is 0 Å². The summed E-state index contributed by atoms with van der Waals surface area (Å²) in [6, 6.07) is 5.62. The lowest BCUT2D eigenvalue weighted by molar-refractivity contribution is 0.916. The molecule has 2 rings (SSSR count). The number of nitrogens with zero attached hydrogens (tertiary/aromatic N) is 4. The van der Waals surface area contributed by atoms with Crippen molar-refractivity contribution < 1.29 is 0 Å². The van der Waals surface area contributed by atoms with Crippen molar-refractivity contribution in [2.45, 2.75) is 13.5 Å². The van der Waals surface area contributed by atoms with E-state index in [1.54, 1.807) is 6.20 Å². The van der Waals surface area contributed by atoms with Gasteiger partial charge >= 0.3 is 0 Å². The predicted molar refractivity (Wildman–Crippen MR) is 65.7 cm³/mol. The summed E-state index contributed by atoms with van der Waals surface area (Å²) in [5, 5.41) is 14.0. The van der Waals surface area contributed by atoms with Gasteiger partial charge in [-0.3, -0.25) is 0 Å². The maximum atomic E-state index is 4.29. The number of anilines is 2. The van der Waals surface area contributed by atoms with Crippen molar-refractivity contribution in [3.8, 4) is 0 Å². The molecular weight excluding hydrogens is 216 g/mol. The monoisotopic (exact) mass is 230 g/mol. The smallest absolute Gasteiger partial charge is 0.132 e. The molecule has 2 heterocycles. The molecule has 0 saturated heterocycles. The number of aryl methyl sites for hydroxylation is 1. The molecule has 2 aromatic heterocycles. The molecule has 17 heavy (non-hydrogen) atoms. The van der Waals surface area contributed by atoms with Crippen molar-refractivity contribution >= 4 is 11.6 Å². The van der Waals surface area contributed by atoms with Gasteiger partial charge in [-0.05, 0) is 19.1 Å². The van der Waals surface area contributed by atoms with Gasteiger partial charge in [-0.2, -0.15) is 10.2 Å². The van der Waals surface area contributed by atoms with Crippen LogP contribution < -0.4 is 10.6 Å². The molecule has 2 aromatic rings. The average Bonchev–Trinajstić information content (AvgIpc) is 2.37. The molecule has 0 bridgehead atoms. The zero-order valence-electron chi connectivity index (χ0n) is 9.81. The fourth-order valence-electron chi connectivity index (χ4n) is 1.40. The molecule has 0 saturated carbocycles. The highest BCUT2D eigenvalue weighted by atomic mass is 15.1. The molecule has 0 atom stereocenters. The van der Waals surface area contributed by atoms with Gasteiger partial charge in [-0.15, -0.1) is 0 Å². The topological polar surface area (TPSA) is 75.6 Å². The van der Waals surface area contributed by atoms with Crippen LogP contribution in [0.25, 0.3) is 0 Å². The third-order valence-electron chi connectivity index (χ3n) is 2.17. The van der Waals surface area contributed by atoms with Crippen molar-refractivity contribution in [1.82, 2.24) is 20.2 Å². The third-order valence-corrected chi connectivity index (χ3v) is 2.17. The first-order valence-corrected chi connectivity index (χ1v) is 5.32. The van der Waals surface area contributed by atoms with E-state index in [4.69, 9.17) is 0 Å². The van der Waals surface area contributed by atoms with E-state index in [1.807, 2.05) is 32.2 Å². The molecule has 0 aliphatic carbocycles. The number of aromatic nitrogens is 4. The maximum absolute atomic E-state index is 4.29. The van der Waals surface area contributed by atoms with Crippen LogP contribution in [0, 0.1) is 6.92 Å². The van der Waals surface area contributed by atoms with Crippen LogP contribution in [0.3, 0.4) is 0 Å². The molecule has 0 radical (unpaired) electrons. The summed E-state index contributed by atoms with van der Waals surface area (Å²) in [7, 11) is 1.83. The van der Waals surface area contributed by atoms with Crippen molar-refractivity contribution in [3.63, 3.8) is 0 Å². The van der Waals surface area contributed by atoms with Crippen molar-refractivity contribution in [1.29, 1.82) is 0 Å². The van der Waals surface area contributed by atoms with E-state index in [-0.39, 0.29) is 0 Å². The fourth-order valence-corrected chi connectivity index (χ4v) is 1.40. The molecule has 6 heteroatoms. The van der Waals surface area contributed by atoms with Gasteiger partial charge in [-0.1, -0.05) is 0 Å². The summed E-state index contributed by atoms with van der Waals surface area (Å²) in [5.41, 5.74) is 0.870. The van der Waals surface area contributed by atoms with Crippen LogP contribution in [0.15, 0.2) is 24.4 Å². The Morgan fingerprint density at radius 1 is 1.24 bits per heavy atom. The largest absolute Gasteiger partial charge is 0.373 e. The molecule has 0 amide bonds. The van der Waals surface area contributed by atoms with Crippen LogP contribution in [-0.4, -0.2) is 27.2 Å². The van der Waals surface area contributed by atoms with Gasteiger partial charge in [0, 0.05) is 19.3 Å². The van der Waals surface area contributed by atoms with Gasteiger partial charge in [0.1, 0.15) is 17.5 Å². The minimum Gasteiger partial charge on any atom is -0.373 e. The first kappa shape index (κ1) is 11.3. The van der Waals surface area contributed by atoms with Crippen LogP contribution in [0.2, 0.25) is 0 Å². The normalized spacial score (nSPS) is 10.0. The van der Waals surface area contributed by atoms with Crippen LogP contribution in [-0.2, 0) is 6.54 Å². The van der Waals surface area contributed by atoms with Crippen LogP contribution in [0.5, 0.6) is 0 Å². The number of rotatable bonds is 4. The third kappa shape index (κ3) is 3.10. The summed E-state index contributed by atoms with van der Waals surface area (Å²) in [5.74, 6) is 2.28. The Hall–Kier alpha value is -2.24. The predicted octanol–water partition coefficient (Wildman–Crippen LogP) is 1.23. The van der Waals surface area contributed by atoms with E-state index in [0.717, 1.165) is 23.2 Å². The second-order valence-corrected chi connectivity index (χ2v) is 3.50. The molecule has 0 aliphatic heterocycles. The zero-order chi connectivity index (χ0) is 12.1. The van der Waals surface area contributed by atoms with Crippen LogP contribution in [0.4, 0.5) is 11.6 Å². The Balaban J connectivity index is 2.06. The molecule has 6 nitrogen and oxygen atoms in total. The molecule has 2 N–H and O–H groups in total. The second-order valence-electron chi connectivity index (χ2n) is 3.50. The van der Waals surface area contributed by atoms with Gasteiger partial charge in [0.05, 0.1) is 12.2 Å². The van der Waals surface area contributed by atoms with E-state index < -0.39 is 0 Å². The van der Waals surface area contributed by atoms with Crippen LogP contribution >= 0.6 is 0 Å². The van der Waals surface area contributed by atoms with Gasteiger partial charge in [0.25, 0.3) is 0 Å². The van der Waals surface area contributed by atoms with E-state index in [0.29, 0.717) is 6.54 Å². The number of hydrogen-bond donors (Lipinski definition) is 2. The number of hydrogen-bond acceptors (Lipinski definition) is 6. The molecule has 0 fully saturated rings. The minimum atomic E-state index is 0.591. The Bertz CT molecular complexity index is 485. The van der Waals surface area contributed by atoms with E-state index in [9.17, 15) is 0 Å². The zero-order valence-corrected chi connectivity index (χ0v) is 9.81. The van der Waals surface area contributed by atoms with Gasteiger partial charge in [-0.25, -0.2) is 9.97 Å². The first-order chi connectivity index (χ1) is 8.28. The standard InChI is InChI=1S/C11H14N6/c1-8-15-10(12-2)6-11(16-8)13-7-9-4-3-5-14-17-9/h3-6H,7H2,1-2H3,(H2,12,13,15,16).